The highest BCUT2D eigenvalue weighted by Gasteiger charge is 2.26. The van der Waals surface area contributed by atoms with E-state index in [1.54, 1.807) is 35.5 Å². The average Bonchev–Trinajstić information content (AvgIpc) is 3.34. The number of hydrogen-bond donors (Lipinski definition) is 1. The first-order chi connectivity index (χ1) is 14.2. The minimum absolute atomic E-state index is 0.182. The summed E-state index contributed by atoms with van der Waals surface area (Å²) in [5.74, 6) is -1.24. The van der Waals surface area contributed by atoms with Crippen LogP contribution in [0.2, 0.25) is 0 Å². The maximum absolute atomic E-state index is 12.7. The Labute approximate surface area is 177 Å². The number of carbonyl (C=O) groups excluding carboxylic acids is 3. The molecule has 0 saturated carbocycles. The molecule has 3 aromatic rings. The fourth-order valence-corrected chi connectivity index (χ4v) is 4.16. The van der Waals surface area contributed by atoms with E-state index in [-0.39, 0.29) is 28.6 Å². The first kappa shape index (κ1) is 21.4. The van der Waals surface area contributed by atoms with Crippen molar-refractivity contribution in [3.63, 3.8) is 0 Å². The Hall–Kier alpha value is -3.27. The molecular weight excluding hydrogens is 406 g/mol. The van der Waals surface area contributed by atoms with Crippen LogP contribution in [0.1, 0.15) is 61.3 Å². The van der Waals surface area contributed by atoms with E-state index < -0.39 is 11.9 Å². The zero-order valence-electron chi connectivity index (χ0n) is 17.5. The first-order valence-corrected chi connectivity index (χ1v) is 10.2. The fraction of sp³-hybridized carbons (Fsp3) is 0.350. The van der Waals surface area contributed by atoms with Gasteiger partial charge in [0.05, 0.1) is 22.7 Å². The number of amides is 1. The molecule has 0 atom stereocenters. The Kier molecular flexibility index (Phi) is 6.16. The van der Waals surface area contributed by atoms with Gasteiger partial charge in [-0.25, -0.2) is 9.48 Å². The molecule has 0 bridgehead atoms. The molecule has 3 heterocycles. The van der Waals surface area contributed by atoms with Crippen LogP contribution in [-0.2, 0) is 11.4 Å². The summed E-state index contributed by atoms with van der Waals surface area (Å²) in [5.41, 5.74) is 2.76. The van der Waals surface area contributed by atoms with Crippen molar-refractivity contribution in [3.05, 3.63) is 51.4 Å². The summed E-state index contributed by atoms with van der Waals surface area (Å²) in [7, 11) is 0. The smallest absolute Gasteiger partial charge is 0.341 e. The highest BCUT2D eigenvalue weighted by atomic mass is 32.1. The number of carbonyl (C=O) groups is 3. The van der Waals surface area contributed by atoms with Crippen molar-refractivity contribution in [2.45, 2.75) is 41.3 Å². The molecule has 30 heavy (non-hydrogen) atoms. The largest absolute Gasteiger partial charge is 0.462 e. The van der Waals surface area contributed by atoms with Gasteiger partial charge in [0.2, 0.25) is 0 Å². The van der Waals surface area contributed by atoms with E-state index in [1.807, 2.05) is 19.9 Å². The number of anilines is 1. The van der Waals surface area contributed by atoms with Crippen LogP contribution in [-0.4, -0.2) is 43.8 Å². The maximum Gasteiger partial charge on any atom is 0.341 e. The SMILES string of the molecule is CCOC(=O)c1c(NC(=O)c2ccn(Cn3nc(C)cc3C)n2)sc(C(C)=O)c1C. The zero-order chi connectivity index (χ0) is 22.0. The molecule has 10 heteroatoms. The lowest BCUT2D eigenvalue weighted by molar-refractivity contribution is 0.0527. The van der Waals surface area contributed by atoms with Crippen molar-refractivity contribution < 1.29 is 19.1 Å². The molecule has 9 nitrogen and oxygen atoms in total. The number of ether oxygens (including phenoxy) is 1. The van der Waals surface area contributed by atoms with Crippen molar-refractivity contribution in [1.82, 2.24) is 19.6 Å². The Balaban J connectivity index is 1.83. The molecule has 3 aromatic heterocycles. The third-order valence-corrected chi connectivity index (χ3v) is 5.74. The standard InChI is InChI=1S/C20H23N5O4S/c1-6-29-20(28)16-13(4)17(14(5)26)30-19(16)21-18(27)15-7-8-24(23-15)10-25-12(3)9-11(2)22-25/h7-9H,6,10H2,1-5H3,(H,21,27). The lowest BCUT2D eigenvalue weighted by Crippen LogP contribution is -2.17. The second kappa shape index (κ2) is 8.62. The Morgan fingerprint density at radius 3 is 2.53 bits per heavy atom. The van der Waals surface area contributed by atoms with Gasteiger partial charge in [0.15, 0.2) is 11.5 Å². The van der Waals surface area contributed by atoms with Gasteiger partial charge in [0.1, 0.15) is 11.7 Å². The molecule has 0 spiro atoms. The number of hydrogen-bond acceptors (Lipinski definition) is 7. The predicted molar refractivity (Wildman–Crippen MR) is 112 cm³/mol. The molecule has 0 fully saturated rings. The van der Waals surface area contributed by atoms with Gasteiger partial charge in [-0.05, 0) is 52.3 Å². The molecule has 0 aromatic carbocycles. The van der Waals surface area contributed by atoms with Crippen LogP contribution in [0, 0.1) is 20.8 Å². The lowest BCUT2D eigenvalue weighted by atomic mass is 10.1. The van der Waals surface area contributed by atoms with Gasteiger partial charge in [-0.2, -0.15) is 10.2 Å². The summed E-state index contributed by atoms with van der Waals surface area (Å²) in [6.45, 7) is 9.18. The number of aryl methyl sites for hydroxylation is 2. The van der Waals surface area contributed by atoms with Crippen LogP contribution < -0.4 is 5.32 Å². The van der Waals surface area contributed by atoms with Crippen LogP contribution >= 0.6 is 11.3 Å². The molecule has 0 unspecified atom stereocenters. The van der Waals surface area contributed by atoms with Crippen LogP contribution in [0.15, 0.2) is 18.3 Å². The highest BCUT2D eigenvalue weighted by Crippen LogP contribution is 2.34. The number of nitrogens with one attached hydrogen (secondary N) is 1. The number of esters is 1. The van der Waals surface area contributed by atoms with E-state index in [1.165, 1.54) is 6.92 Å². The van der Waals surface area contributed by atoms with Crippen molar-refractivity contribution in [3.8, 4) is 0 Å². The van der Waals surface area contributed by atoms with Gasteiger partial charge < -0.3 is 10.1 Å². The normalized spacial score (nSPS) is 10.8. The van der Waals surface area contributed by atoms with E-state index in [0.29, 0.717) is 17.1 Å². The number of ketones is 1. The molecule has 3 rings (SSSR count). The van der Waals surface area contributed by atoms with Crippen LogP contribution in [0.4, 0.5) is 5.00 Å². The fourth-order valence-electron chi connectivity index (χ4n) is 3.07. The third-order valence-electron chi connectivity index (χ3n) is 4.43. The van der Waals surface area contributed by atoms with E-state index in [9.17, 15) is 14.4 Å². The van der Waals surface area contributed by atoms with Crippen LogP contribution in [0.3, 0.4) is 0 Å². The predicted octanol–water partition coefficient (Wildman–Crippen LogP) is 3.20. The Morgan fingerprint density at radius 2 is 1.93 bits per heavy atom. The minimum Gasteiger partial charge on any atom is -0.462 e. The van der Waals surface area contributed by atoms with Gasteiger partial charge in [0.25, 0.3) is 5.91 Å². The number of Topliss-reactive ketones (excluding diaryl/α,β-unsaturated/α-hetero) is 1. The minimum atomic E-state index is -0.580. The lowest BCUT2D eigenvalue weighted by Gasteiger charge is -2.06. The highest BCUT2D eigenvalue weighted by molar-refractivity contribution is 7.18. The molecule has 158 valence electrons. The van der Waals surface area contributed by atoms with Gasteiger partial charge in [-0.3, -0.25) is 14.3 Å². The number of nitrogens with zero attached hydrogens (tertiary/aromatic N) is 4. The van der Waals surface area contributed by atoms with Gasteiger partial charge in [0, 0.05) is 11.9 Å². The van der Waals surface area contributed by atoms with Gasteiger partial charge >= 0.3 is 5.97 Å². The summed E-state index contributed by atoms with van der Waals surface area (Å²) in [6.07, 6.45) is 1.68. The molecule has 0 radical (unpaired) electrons. The molecule has 0 saturated heterocycles. The van der Waals surface area contributed by atoms with Crippen molar-refractivity contribution in [1.29, 1.82) is 0 Å². The topological polar surface area (TPSA) is 108 Å². The second-order valence-electron chi connectivity index (χ2n) is 6.80. The van der Waals surface area contributed by atoms with Crippen LogP contribution in [0.25, 0.3) is 0 Å². The number of aromatic nitrogens is 4. The molecule has 0 aliphatic heterocycles. The first-order valence-electron chi connectivity index (χ1n) is 9.38. The summed E-state index contributed by atoms with van der Waals surface area (Å²) in [4.78, 5) is 37.4. The summed E-state index contributed by atoms with van der Waals surface area (Å²) in [6, 6.07) is 3.54. The Morgan fingerprint density at radius 1 is 1.20 bits per heavy atom. The summed E-state index contributed by atoms with van der Waals surface area (Å²) < 4.78 is 8.47. The Bertz CT molecular complexity index is 1120. The second-order valence-corrected chi connectivity index (χ2v) is 7.82. The third kappa shape index (κ3) is 4.33. The van der Waals surface area contributed by atoms with E-state index in [0.717, 1.165) is 22.7 Å². The van der Waals surface area contributed by atoms with E-state index in [4.69, 9.17) is 4.74 Å². The van der Waals surface area contributed by atoms with Crippen LogP contribution in [0.5, 0.6) is 0 Å². The molecule has 0 aliphatic rings. The van der Waals surface area contributed by atoms with Crippen molar-refractivity contribution >= 4 is 34.0 Å². The molecule has 0 aliphatic carbocycles. The van der Waals surface area contributed by atoms with Gasteiger partial charge in [-0.1, -0.05) is 0 Å². The van der Waals surface area contributed by atoms with E-state index in [2.05, 4.69) is 15.5 Å². The quantitative estimate of drug-likeness (QED) is 0.456. The summed E-state index contributed by atoms with van der Waals surface area (Å²) in [5, 5.41) is 11.6. The van der Waals surface area contributed by atoms with E-state index >= 15 is 0 Å². The van der Waals surface area contributed by atoms with Crippen molar-refractivity contribution in [2.24, 2.45) is 0 Å². The van der Waals surface area contributed by atoms with Gasteiger partial charge in [-0.15, -0.1) is 11.3 Å². The monoisotopic (exact) mass is 429 g/mol. The zero-order valence-corrected chi connectivity index (χ0v) is 18.3. The van der Waals surface area contributed by atoms with Crippen molar-refractivity contribution in [2.75, 3.05) is 11.9 Å². The molecule has 1 N–H and O–H groups in total. The molecular formula is C20H23N5O4S. The molecule has 1 amide bonds. The number of thiophene rings is 1. The average molecular weight is 430 g/mol. The summed E-state index contributed by atoms with van der Waals surface area (Å²) >= 11 is 1.05. The number of rotatable bonds is 7. The maximum atomic E-state index is 12.7.